The highest BCUT2D eigenvalue weighted by Crippen LogP contribution is 2.39. The summed E-state index contributed by atoms with van der Waals surface area (Å²) < 4.78 is 21.9. The summed E-state index contributed by atoms with van der Waals surface area (Å²) in [5.41, 5.74) is 0. The second-order valence-electron chi connectivity index (χ2n) is 4.39. The quantitative estimate of drug-likeness (QED) is 0.578. The van der Waals surface area contributed by atoms with E-state index in [-0.39, 0.29) is 5.76 Å². The molecule has 2 rings (SSSR count). The summed E-state index contributed by atoms with van der Waals surface area (Å²) in [5, 5.41) is 18.0. The fraction of sp³-hybridized carbons (Fsp3) is 0.800. The molecule has 0 unspecified atom stereocenters. The minimum atomic E-state index is -0.762. The molecule has 0 saturated carbocycles. The van der Waals surface area contributed by atoms with Gasteiger partial charge in [0.1, 0.15) is 12.2 Å². The van der Waals surface area contributed by atoms with Crippen LogP contribution < -0.4 is 0 Å². The number of hydrogen-bond donors (Lipinski definition) is 1. The lowest BCUT2D eigenvalue weighted by molar-refractivity contribution is -0.214. The molecule has 2 aliphatic rings. The normalized spacial score (nSPS) is 40.0. The largest absolute Gasteiger partial charge is 0.503 e. The van der Waals surface area contributed by atoms with E-state index < -0.39 is 30.4 Å². The van der Waals surface area contributed by atoms with Crippen LogP contribution in [-0.2, 0) is 18.9 Å². The Hall–Kier alpha value is -1.20. The van der Waals surface area contributed by atoms with Crippen LogP contribution in [0, 0.1) is 5.39 Å². The molecule has 2 fully saturated rings. The Morgan fingerprint density at radius 3 is 2.76 bits per heavy atom. The standard InChI is InChI=1S/C10H14N2O5/c1-10(2)16-8-7(14-3)6(5(13)4-12-11)15-9(8)17-10/h4,6-9H,1-3H3/p+1/b5-4+/t6-,7+,8-,9-/m1/s1. The lowest BCUT2D eigenvalue weighted by Crippen LogP contribution is -2.36. The van der Waals surface area contributed by atoms with Gasteiger partial charge in [-0.05, 0) is 13.8 Å². The Morgan fingerprint density at radius 1 is 1.47 bits per heavy atom. The molecule has 0 aromatic heterocycles. The molecular formula is C10H15N2O5+. The van der Waals surface area contributed by atoms with E-state index in [2.05, 4.69) is 4.98 Å². The third-order valence-corrected chi connectivity index (χ3v) is 2.74. The number of rotatable bonds is 2. The highest BCUT2D eigenvalue weighted by Gasteiger charge is 2.56. The molecule has 2 heterocycles. The smallest absolute Gasteiger partial charge is 0.390 e. The zero-order chi connectivity index (χ0) is 12.6. The highest BCUT2D eigenvalue weighted by molar-refractivity contribution is 5.10. The third-order valence-electron chi connectivity index (χ3n) is 2.74. The van der Waals surface area contributed by atoms with Crippen LogP contribution in [0.5, 0.6) is 0 Å². The van der Waals surface area contributed by atoms with E-state index in [4.69, 9.17) is 24.3 Å². The zero-order valence-corrected chi connectivity index (χ0v) is 9.86. The Kier molecular flexibility index (Phi) is 3.05. The molecule has 1 N–H and O–H groups in total. The molecule has 0 aliphatic carbocycles. The third kappa shape index (κ3) is 2.12. The molecule has 0 radical (unpaired) electrons. The maximum Gasteiger partial charge on any atom is 0.390 e. The van der Waals surface area contributed by atoms with Crippen LogP contribution in [-0.4, -0.2) is 42.6 Å². The van der Waals surface area contributed by atoms with E-state index in [0.29, 0.717) is 0 Å². The van der Waals surface area contributed by atoms with Crippen LogP contribution in [0.15, 0.2) is 12.0 Å². The number of fused-ring (bicyclic) bond motifs is 1. The average molecular weight is 243 g/mol. The summed E-state index contributed by atoms with van der Waals surface area (Å²) >= 11 is 0. The maximum atomic E-state index is 9.63. The van der Waals surface area contributed by atoms with Gasteiger partial charge in [0.25, 0.3) is 0 Å². The van der Waals surface area contributed by atoms with E-state index in [1.165, 1.54) is 7.11 Å². The highest BCUT2D eigenvalue weighted by atomic mass is 16.8. The van der Waals surface area contributed by atoms with Gasteiger partial charge in [0, 0.05) is 7.11 Å². The first-order chi connectivity index (χ1) is 7.98. The van der Waals surface area contributed by atoms with Crippen molar-refractivity contribution in [2.45, 2.75) is 44.2 Å². The van der Waals surface area contributed by atoms with Gasteiger partial charge in [-0.25, -0.2) is 0 Å². The molecular weight excluding hydrogens is 228 g/mol. The van der Waals surface area contributed by atoms with Gasteiger partial charge >= 0.3 is 6.20 Å². The first-order valence-corrected chi connectivity index (χ1v) is 5.25. The van der Waals surface area contributed by atoms with Gasteiger partial charge < -0.3 is 24.1 Å². The Labute approximate surface area is 98.5 Å². The van der Waals surface area contributed by atoms with Gasteiger partial charge in [-0.2, -0.15) is 0 Å². The summed E-state index contributed by atoms with van der Waals surface area (Å²) in [6.45, 7) is 3.55. The van der Waals surface area contributed by atoms with E-state index in [0.717, 1.165) is 6.20 Å². The second-order valence-corrected chi connectivity index (χ2v) is 4.39. The predicted octanol–water partition coefficient (Wildman–Crippen LogP) is 1.13. The SMILES string of the molecule is CO[C@@H]1[C@H]2OC(C)(C)O[C@H]2O[C@@H]1/C(O)=C\[N+]#N. The van der Waals surface area contributed by atoms with E-state index in [1.54, 1.807) is 13.8 Å². The fourth-order valence-corrected chi connectivity index (χ4v) is 2.11. The first kappa shape index (κ1) is 12.3. The van der Waals surface area contributed by atoms with Crippen LogP contribution in [0.3, 0.4) is 0 Å². The van der Waals surface area contributed by atoms with Gasteiger partial charge in [-0.3, -0.25) is 0 Å². The number of diazo groups is 1. The summed E-state index contributed by atoms with van der Waals surface area (Å²) in [4.78, 5) is 2.74. The van der Waals surface area contributed by atoms with Crippen LogP contribution in [0.1, 0.15) is 13.8 Å². The van der Waals surface area contributed by atoms with Gasteiger partial charge in [0.2, 0.25) is 11.2 Å². The number of nitrogens with zero attached hydrogens (tertiary/aromatic N) is 2. The van der Waals surface area contributed by atoms with Gasteiger partial charge in [0.05, 0.1) is 0 Å². The maximum absolute atomic E-state index is 9.63. The number of aliphatic hydroxyl groups excluding tert-OH is 1. The molecule has 2 saturated heterocycles. The van der Waals surface area contributed by atoms with Crippen molar-refractivity contribution in [3.05, 3.63) is 16.9 Å². The fourth-order valence-electron chi connectivity index (χ4n) is 2.11. The molecule has 94 valence electrons. The lowest BCUT2D eigenvalue weighted by atomic mass is 10.1. The van der Waals surface area contributed by atoms with Crippen molar-refractivity contribution in [3.63, 3.8) is 0 Å². The van der Waals surface area contributed by atoms with E-state index >= 15 is 0 Å². The van der Waals surface area contributed by atoms with Crippen molar-refractivity contribution in [2.24, 2.45) is 0 Å². The molecule has 4 atom stereocenters. The summed E-state index contributed by atoms with van der Waals surface area (Å²) in [6, 6.07) is 0. The van der Waals surface area contributed by atoms with Crippen molar-refractivity contribution in [1.29, 1.82) is 5.39 Å². The van der Waals surface area contributed by atoms with Crippen LogP contribution in [0.2, 0.25) is 0 Å². The van der Waals surface area contributed by atoms with Crippen molar-refractivity contribution in [2.75, 3.05) is 7.11 Å². The second kappa shape index (κ2) is 4.23. The van der Waals surface area contributed by atoms with Crippen molar-refractivity contribution in [1.82, 2.24) is 0 Å². The van der Waals surface area contributed by atoms with Crippen LogP contribution in [0.4, 0.5) is 0 Å². The summed E-state index contributed by atoms with van der Waals surface area (Å²) in [7, 11) is 1.49. The molecule has 0 bridgehead atoms. The molecule has 2 aliphatic heterocycles. The van der Waals surface area contributed by atoms with Gasteiger partial charge in [-0.15, -0.1) is 0 Å². The summed E-state index contributed by atoms with van der Waals surface area (Å²) in [6.07, 6.45) is -1.41. The Bertz CT molecular complexity index is 375. The van der Waals surface area contributed by atoms with Crippen molar-refractivity contribution >= 4 is 0 Å². The van der Waals surface area contributed by atoms with E-state index in [9.17, 15) is 5.11 Å². The topological polar surface area (TPSA) is 85.3 Å². The molecule has 0 amide bonds. The predicted molar refractivity (Wildman–Crippen MR) is 55.3 cm³/mol. The Morgan fingerprint density at radius 2 is 2.18 bits per heavy atom. The molecule has 0 aromatic rings. The number of ether oxygens (including phenoxy) is 4. The van der Waals surface area contributed by atoms with Crippen molar-refractivity contribution < 1.29 is 24.1 Å². The number of aliphatic hydroxyl groups is 1. The average Bonchev–Trinajstić information content (AvgIpc) is 2.69. The number of hydrogen-bond acceptors (Lipinski definition) is 6. The molecule has 0 spiro atoms. The minimum absolute atomic E-state index is 0.237. The van der Waals surface area contributed by atoms with Crippen molar-refractivity contribution in [3.8, 4) is 0 Å². The molecule has 7 heteroatoms. The zero-order valence-electron chi connectivity index (χ0n) is 9.86. The lowest BCUT2D eigenvalue weighted by Gasteiger charge is -2.23. The van der Waals surface area contributed by atoms with Gasteiger partial charge in [-0.1, -0.05) is 0 Å². The molecule has 0 aromatic carbocycles. The monoisotopic (exact) mass is 243 g/mol. The first-order valence-electron chi connectivity index (χ1n) is 5.25. The van der Waals surface area contributed by atoms with Crippen LogP contribution in [0.25, 0.3) is 4.98 Å². The summed E-state index contributed by atoms with van der Waals surface area (Å²) in [5.74, 6) is -0.976. The van der Waals surface area contributed by atoms with E-state index in [1.807, 2.05) is 0 Å². The van der Waals surface area contributed by atoms with Crippen LogP contribution >= 0.6 is 0 Å². The Balaban J connectivity index is 2.17. The minimum Gasteiger partial charge on any atom is -0.503 e. The van der Waals surface area contributed by atoms with Gasteiger partial charge in [0.15, 0.2) is 23.2 Å². The molecule has 17 heavy (non-hydrogen) atoms. The number of methoxy groups -OCH3 is 1. The molecule has 7 nitrogen and oxygen atoms in total.